The second-order valence-corrected chi connectivity index (χ2v) is 5.20. The van der Waals surface area contributed by atoms with Gasteiger partial charge in [0.15, 0.2) is 0 Å². The van der Waals surface area contributed by atoms with E-state index >= 15 is 0 Å². The number of benzene rings is 2. The first kappa shape index (κ1) is 13.1. The standard InChI is InChI=1S/C17H15ClN2/c18-16-6-5-12(10-14(16)11-19)9-13-7-8-20-17-4-2-1-3-15(13)17/h1-8,10H,9,11,19H2. The maximum absolute atomic E-state index is 6.10. The van der Waals surface area contributed by atoms with Crippen molar-refractivity contribution in [3.05, 3.63) is 76.4 Å². The van der Waals surface area contributed by atoms with E-state index in [2.05, 4.69) is 29.2 Å². The summed E-state index contributed by atoms with van der Waals surface area (Å²) in [6.45, 7) is 0.462. The highest BCUT2D eigenvalue weighted by molar-refractivity contribution is 6.31. The Morgan fingerprint density at radius 3 is 2.70 bits per heavy atom. The van der Waals surface area contributed by atoms with Gasteiger partial charge in [-0.3, -0.25) is 4.98 Å². The second kappa shape index (κ2) is 5.61. The monoisotopic (exact) mass is 282 g/mol. The van der Waals surface area contributed by atoms with Crippen LogP contribution in [0.5, 0.6) is 0 Å². The van der Waals surface area contributed by atoms with Crippen LogP contribution in [0.15, 0.2) is 54.7 Å². The maximum Gasteiger partial charge on any atom is 0.0704 e. The topological polar surface area (TPSA) is 38.9 Å². The van der Waals surface area contributed by atoms with E-state index in [4.69, 9.17) is 17.3 Å². The molecule has 0 atom stereocenters. The zero-order valence-electron chi connectivity index (χ0n) is 11.0. The summed E-state index contributed by atoms with van der Waals surface area (Å²) < 4.78 is 0. The molecule has 0 aliphatic rings. The molecule has 0 amide bonds. The first-order valence-corrected chi connectivity index (χ1v) is 6.96. The van der Waals surface area contributed by atoms with Gasteiger partial charge in [-0.05, 0) is 41.3 Å². The number of hydrogen-bond acceptors (Lipinski definition) is 2. The van der Waals surface area contributed by atoms with Crippen LogP contribution in [0.3, 0.4) is 0 Å². The van der Waals surface area contributed by atoms with Gasteiger partial charge in [-0.2, -0.15) is 0 Å². The molecule has 1 aromatic heterocycles. The van der Waals surface area contributed by atoms with E-state index in [1.165, 1.54) is 16.5 Å². The molecule has 2 aromatic carbocycles. The highest BCUT2D eigenvalue weighted by Gasteiger charge is 2.05. The van der Waals surface area contributed by atoms with Gasteiger partial charge in [0.05, 0.1) is 5.52 Å². The van der Waals surface area contributed by atoms with Gasteiger partial charge in [0, 0.05) is 23.2 Å². The van der Waals surface area contributed by atoms with E-state index in [9.17, 15) is 0 Å². The molecule has 0 radical (unpaired) electrons. The highest BCUT2D eigenvalue weighted by Crippen LogP contribution is 2.22. The molecule has 2 N–H and O–H groups in total. The number of aromatic nitrogens is 1. The van der Waals surface area contributed by atoms with Gasteiger partial charge in [-0.25, -0.2) is 0 Å². The Balaban J connectivity index is 2.01. The molecule has 2 nitrogen and oxygen atoms in total. The van der Waals surface area contributed by atoms with Gasteiger partial charge in [0.25, 0.3) is 0 Å². The van der Waals surface area contributed by atoms with Crippen LogP contribution in [0.2, 0.25) is 5.02 Å². The van der Waals surface area contributed by atoms with Crippen molar-refractivity contribution in [2.24, 2.45) is 5.73 Å². The minimum atomic E-state index is 0.462. The van der Waals surface area contributed by atoms with Crippen LogP contribution < -0.4 is 5.73 Å². The number of nitrogens with zero attached hydrogens (tertiary/aromatic N) is 1. The summed E-state index contributed by atoms with van der Waals surface area (Å²) >= 11 is 6.10. The fourth-order valence-corrected chi connectivity index (χ4v) is 2.62. The third-order valence-corrected chi connectivity index (χ3v) is 3.83. The molecule has 0 saturated carbocycles. The third kappa shape index (κ3) is 2.53. The Hall–Kier alpha value is -1.90. The SMILES string of the molecule is NCc1cc(Cc2ccnc3ccccc23)ccc1Cl. The molecular weight excluding hydrogens is 268 g/mol. The fourth-order valence-electron chi connectivity index (χ4n) is 2.42. The van der Waals surface area contributed by atoms with Crippen LogP contribution in [0.25, 0.3) is 10.9 Å². The zero-order chi connectivity index (χ0) is 13.9. The normalized spacial score (nSPS) is 10.9. The van der Waals surface area contributed by atoms with E-state index in [0.29, 0.717) is 6.54 Å². The number of hydrogen-bond donors (Lipinski definition) is 1. The zero-order valence-corrected chi connectivity index (χ0v) is 11.8. The van der Waals surface area contributed by atoms with Crippen molar-refractivity contribution in [2.45, 2.75) is 13.0 Å². The van der Waals surface area contributed by atoms with Crippen molar-refractivity contribution < 1.29 is 0 Å². The second-order valence-electron chi connectivity index (χ2n) is 4.79. The van der Waals surface area contributed by atoms with E-state index < -0.39 is 0 Å². The molecule has 0 unspecified atom stereocenters. The van der Waals surface area contributed by atoms with Gasteiger partial charge < -0.3 is 5.73 Å². The lowest BCUT2D eigenvalue weighted by atomic mass is 10.00. The summed E-state index contributed by atoms with van der Waals surface area (Å²) in [6.07, 6.45) is 2.71. The summed E-state index contributed by atoms with van der Waals surface area (Å²) in [4.78, 5) is 4.39. The lowest BCUT2D eigenvalue weighted by molar-refractivity contribution is 1.06. The lowest BCUT2D eigenvalue weighted by Crippen LogP contribution is -1.99. The third-order valence-electron chi connectivity index (χ3n) is 3.46. The molecule has 0 aliphatic heterocycles. The molecule has 20 heavy (non-hydrogen) atoms. The molecule has 0 spiro atoms. The molecule has 0 fully saturated rings. The molecule has 100 valence electrons. The number of fused-ring (bicyclic) bond motifs is 1. The van der Waals surface area contributed by atoms with Crippen molar-refractivity contribution in [1.29, 1.82) is 0 Å². The van der Waals surface area contributed by atoms with Crippen molar-refractivity contribution in [1.82, 2.24) is 4.98 Å². The molecule has 0 saturated heterocycles. The molecule has 1 heterocycles. The molecule has 3 aromatic rings. The Bertz CT molecular complexity index is 748. The number of halogens is 1. The lowest BCUT2D eigenvalue weighted by Gasteiger charge is -2.08. The minimum absolute atomic E-state index is 0.462. The number of rotatable bonds is 3. The fraction of sp³-hybridized carbons (Fsp3) is 0.118. The van der Waals surface area contributed by atoms with Crippen LogP contribution in [-0.4, -0.2) is 4.98 Å². The molecular formula is C17H15ClN2. The highest BCUT2D eigenvalue weighted by atomic mass is 35.5. The molecule has 3 heteroatoms. The summed E-state index contributed by atoms with van der Waals surface area (Å²) in [7, 11) is 0. The van der Waals surface area contributed by atoms with Crippen molar-refractivity contribution in [3.8, 4) is 0 Å². The van der Waals surface area contributed by atoms with Crippen LogP contribution in [0.1, 0.15) is 16.7 Å². The quantitative estimate of drug-likeness (QED) is 0.790. The first-order chi connectivity index (χ1) is 9.78. The largest absolute Gasteiger partial charge is 0.326 e. The van der Waals surface area contributed by atoms with E-state index in [-0.39, 0.29) is 0 Å². The number of nitrogens with two attached hydrogens (primary N) is 1. The van der Waals surface area contributed by atoms with E-state index in [1.807, 2.05) is 30.5 Å². The summed E-state index contributed by atoms with van der Waals surface area (Å²) in [5.74, 6) is 0. The summed E-state index contributed by atoms with van der Waals surface area (Å²) in [5, 5.41) is 1.93. The van der Waals surface area contributed by atoms with E-state index in [0.717, 1.165) is 22.5 Å². The summed E-state index contributed by atoms with van der Waals surface area (Å²) in [5.41, 5.74) is 10.2. The van der Waals surface area contributed by atoms with Crippen LogP contribution in [0.4, 0.5) is 0 Å². The smallest absolute Gasteiger partial charge is 0.0704 e. The van der Waals surface area contributed by atoms with Crippen LogP contribution in [-0.2, 0) is 13.0 Å². The maximum atomic E-state index is 6.10. The van der Waals surface area contributed by atoms with Crippen LogP contribution in [0, 0.1) is 0 Å². The van der Waals surface area contributed by atoms with E-state index in [1.54, 1.807) is 0 Å². The van der Waals surface area contributed by atoms with Gasteiger partial charge >= 0.3 is 0 Å². The molecule has 3 rings (SSSR count). The average Bonchev–Trinajstić information content (AvgIpc) is 2.49. The Morgan fingerprint density at radius 1 is 1.00 bits per heavy atom. The van der Waals surface area contributed by atoms with Crippen molar-refractivity contribution >= 4 is 22.5 Å². The van der Waals surface area contributed by atoms with Crippen molar-refractivity contribution in [2.75, 3.05) is 0 Å². The Kier molecular flexibility index (Phi) is 3.68. The first-order valence-electron chi connectivity index (χ1n) is 6.58. The van der Waals surface area contributed by atoms with Crippen molar-refractivity contribution in [3.63, 3.8) is 0 Å². The van der Waals surface area contributed by atoms with Gasteiger partial charge in [-0.15, -0.1) is 0 Å². The summed E-state index contributed by atoms with van der Waals surface area (Å²) in [6, 6.07) is 16.3. The average molecular weight is 283 g/mol. The van der Waals surface area contributed by atoms with Gasteiger partial charge in [0.1, 0.15) is 0 Å². The van der Waals surface area contributed by atoms with Gasteiger partial charge in [0.2, 0.25) is 0 Å². The Labute approximate surface area is 123 Å². The predicted molar refractivity (Wildman–Crippen MR) is 83.9 cm³/mol. The minimum Gasteiger partial charge on any atom is -0.326 e. The number of pyridine rings is 1. The molecule has 0 bridgehead atoms. The van der Waals surface area contributed by atoms with Crippen LogP contribution >= 0.6 is 11.6 Å². The Morgan fingerprint density at radius 2 is 1.85 bits per heavy atom. The molecule has 0 aliphatic carbocycles. The van der Waals surface area contributed by atoms with Gasteiger partial charge in [-0.1, -0.05) is 41.9 Å². The number of para-hydroxylation sites is 1. The predicted octanol–water partition coefficient (Wildman–Crippen LogP) is 3.94.